The molecule has 0 saturated carbocycles. The van der Waals surface area contributed by atoms with Gasteiger partial charge in [-0.05, 0) is 25.8 Å². The minimum Gasteiger partial charge on any atom is -0.393 e. The molecule has 2 N–H and O–H groups in total. The summed E-state index contributed by atoms with van der Waals surface area (Å²) in [6.07, 6.45) is 0.198. The zero-order valence-electron chi connectivity index (χ0n) is 11.0. The molecule has 1 aromatic rings. The third kappa shape index (κ3) is 5.48. The molecule has 0 aliphatic carbocycles. The maximum Gasteiger partial charge on any atom is 0.269 e. The predicted octanol–water partition coefficient (Wildman–Crippen LogP) is 1.41. The Bertz CT molecular complexity index is 442. The summed E-state index contributed by atoms with van der Waals surface area (Å²) >= 11 is 0. The van der Waals surface area contributed by atoms with Crippen molar-refractivity contribution in [2.45, 2.75) is 38.8 Å². The number of hydrogen-bond donors (Lipinski definition) is 2. The second kappa shape index (κ2) is 6.84. The van der Waals surface area contributed by atoms with Gasteiger partial charge in [0.2, 0.25) is 5.91 Å². The SMILES string of the molecule is CC(O)CC(C)NC(=O)Cc1ccc([N+](=O)[O-])cc1. The molecule has 0 saturated heterocycles. The van der Waals surface area contributed by atoms with Gasteiger partial charge in [-0.15, -0.1) is 0 Å². The van der Waals surface area contributed by atoms with Crippen molar-refractivity contribution >= 4 is 11.6 Å². The Hall–Kier alpha value is -1.95. The molecule has 6 nitrogen and oxygen atoms in total. The molecule has 0 bridgehead atoms. The summed E-state index contributed by atoms with van der Waals surface area (Å²) in [6, 6.07) is 5.78. The first-order valence-electron chi connectivity index (χ1n) is 6.09. The number of nitrogens with one attached hydrogen (secondary N) is 1. The lowest BCUT2D eigenvalue weighted by atomic mass is 10.1. The van der Waals surface area contributed by atoms with E-state index in [0.29, 0.717) is 12.0 Å². The van der Waals surface area contributed by atoms with Crippen LogP contribution in [0.3, 0.4) is 0 Å². The molecule has 2 unspecified atom stereocenters. The number of hydrogen-bond acceptors (Lipinski definition) is 4. The Kier molecular flexibility index (Phi) is 5.44. The van der Waals surface area contributed by atoms with Gasteiger partial charge in [0.25, 0.3) is 5.69 Å². The van der Waals surface area contributed by atoms with E-state index in [2.05, 4.69) is 5.32 Å². The van der Waals surface area contributed by atoms with Crippen LogP contribution in [0.25, 0.3) is 0 Å². The van der Waals surface area contributed by atoms with Gasteiger partial charge in [-0.2, -0.15) is 0 Å². The lowest BCUT2D eigenvalue weighted by molar-refractivity contribution is -0.384. The van der Waals surface area contributed by atoms with E-state index in [0.717, 1.165) is 0 Å². The van der Waals surface area contributed by atoms with E-state index in [-0.39, 0.29) is 24.1 Å². The van der Waals surface area contributed by atoms with Crippen LogP contribution in [0.5, 0.6) is 0 Å². The number of benzene rings is 1. The molecule has 1 aromatic carbocycles. The first-order valence-corrected chi connectivity index (χ1v) is 6.09. The van der Waals surface area contributed by atoms with Crippen LogP contribution in [-0.4, -0.2) is 28.1 Å². The molecular weight excluding hydrogens is 248 g/mol. The molecule has 0 heterocycles. The summed E-state index contributed by atoms with van der Waals surface area (Å²) in [5.74, 6) is -0.165. The second-order valence-electron chi connectivity index (χ2n) is 4.65. The fourth-order valence-corrected chi connectivity index (χ4v) is 1.82. The average molecular weight is 266 g/mol. The topological polar surface area (TPSA) is 92.5 Å². The Morgan fingerprint density at radius 2 is 1.95 bits per heavy atom. The second-order valence-corrected chi connectivity index (χ2v) is 4.65. The molecule has 19 heavy (non-hydrogen) atoms. The van der Waals surface area contributed by atoms with Crippen LogP contribution in [0.15, 0.2) is 24.3 Å². The molecular formula is C13H18N2O4. The molecule has 0 aliphatic rings. The number of aliphatic hydroxyl groups is 1. The maximum atomic E-state index is 11.7. The van der Waals surface area contributed by atoms with Crippen molar-refractivity contribution in [1.82, 2.24) is 5.32 Å². The van der Waals surface area contributed by atoms with Crippen molar-refractivity contribution in [3.05, 3.63) is 39.9 Å². The smallest absolute Gasteiger partial charge is 0.269 e. The molecule has 0 radical (unpaired) electrons. The number of rotatable bonds is 6. The fourth-order valence-electron chi connectivity index (χ4n) is 1.82. The standard InChI is InChI=1S/C13H18N2O4/c1-9(7-10(2)16)14-13(17)8-11-3-5-12(6-4-11)15(18)19/h3-6,9-10,16H,7-8H2,1-2H3,(H,14,17). The average Bonchev–Trinajstić information content (AvgIpc) is 2.27. The summed E-state index contributed by atoms with van der Waals surface area (Å²) in [5.41, 5.74) is 0.721. The summed E-state index contributed by atoms with van der Waals surface area (Å²) < 4.78 is 0. The van der Waals surface area contributed by atoms with E-state index >= 15 is 0 Å². The zero-order chi connectivity index (χ0) is 14.4. The summed E-state index contributed by atoms with van der Waals surface area (Å²) in [5, 5.41) is 22.4. The van der Waals surface area contributed by atoms with Crippen molar-refractivity contribution in [1.29, 1.82) is 0 Å². The monoisotopic (exact) mass is 266 g/mol. The van der Waals surface area contributed by atoms with Crippen molar-refractivity contribution in [2.75, 3.05) is 0 Å². The van der Waals surface area contributed by atoms with Gasteiger partial charge < -0.3 is 10.4 Å². The molecule has 0 spiro atoms. The van der Waals surface area contributed by atoms with Gasteiger partial charge in [0, 0.05) is 18.2 Å². The van der Waals surface area contributed by atoms with Crippen molar-refractivity contribution in [3.8, 4) is 0 Å². The number of non-ortho nitro benzene ring substituents is 1. The van der Waals surface area contributed by atoms with Crippen LogP contribution in [0.1, 0.15) is 25.8 Å². The van der Waals surface area contributed by atoms with Crippen molar-refractivity contribution in [3.63, 3.8) is 0 Å². The van der Waals surface area contributed by atoms with Crippen LogP contribution in [0.4, 0.5) is 5.69 Å². The normalized spacial score (nSPS) is 13.6. The number of nitro benzene ring substituents is 1. The third-order valence-corrected chi connectivity index (χ3v) is 2.61. The van der Waals surface area contributed by atoms with Crippen LogP contribution in [0.2, 0.25) is 0 Å². The van der Waals surface area contributed by atoms with Gasteiger partial charge >= 0.3 is 0 Å². The van der Waals surface area contributed by atoms with E-state index < -0.39 is 11.0 Å². The largest absolute Gasteiger partial charge is 0.393 e. The van der Waals surface area contributed by atoms with Gasteiger partial charge in [-0.3, -0.25) is 14.9 Å². The number of carbonyl (C=O) groups excluding carboxylic acids is 1. The highest BCUT2D eigenvalue weighted by Crippen LogP contribution is 2.12. The van der Waals surface area contributed by atoms with Crippen LogP contribution >= 0.6 is 0 Å². The van der Waals surface area contributed by atoms with E-state index in [1.165, 1.54) is 12.1 Å². The van der Waals surface area contributed by atoms with Crippen LogP contribution in [0, 0.1) is 10.1 Å². The van der Waals surface area contributed by atoms with E-state index in [1.807, 2.05) is 6.92 Å². The summed E-state index contributed by atoms with van der Waals surface area (Å²) in [7, 11) is 0. The van der Waals surface area contributed by atoms with E-state index in [1.54, 1.807) is 19.1 Å². The quantitative estimate of drug-likeness (QED) is 0.601. The molecule has 104 valence electrons. The first kappa shape index (κ1) is 15.1. The fraction of sp³-hybridized carbons (Fsp3) is 0.462. The third-order valence-electron chi connectivity index (χ3n) is 2.61. The number of carbonyl (C=O) groups is 1. The van der Waals surface area contributed by atoms with Crippen LogP contribution in [-0.2, 0) is 11.2 Å². The van der Waals surface area contributed by atoms with E-state index in [4.69, 9.17) is 0 Å². The van der Waals surface area contributed by atoms with Gasteiger partial charge in [0.1, 0.15) is 0 Å². The van der Waals surface area contributed by atoms with Gasteiger partial charge in [-0.1, -0.05) is 12.1 Å². The first-order chi connectivity index (χ1) is 8.88. The molecule has 0 aromatic heterocycles. The molecule has 1 rings (SSSR count). The molecule has 6 heteroatoms. The number of amides is 1. The molecule has 0 aliphatic heterocycles. The van der Waals surface area contributed by atoms with Gasteiger partial charge in [-0.25, -0.2) is 0 Å². The minimum atomic E-state index is -0.478. The Morgan fingerprint density at radius 3 is 2.42 bits per heavy atom. The van der Waals surface area contributed by atoms with Crippen LogP contribution < -0.4 is 5.32 Å². The number of nitro groups is 1. The maximum absolute atomic E-state index is 11.7. The van der Waals surface area contributed by atoms with Gasteiger partial charge in [0.15, 0.2) is 0 Å². The zero-order valence-corrected chi connectivity index (χ0v) is 11.0. The van der Waals surface area contributed by atoms with E-state index in [9.17, 15) is 20.0 Å². The predicted molar refractivity (Wildman–Crippen MR) is 70.7 cm³/mol. The highest BCUT2D eigenvalue weighted by Gasteiger charge is 2.11. The summed E-state index contributed by atoms with van der Waals surface area (Å²) in [6.45, 7) is 3.49. The Balaban J connectivity index is 2.50. The number of aliphatic hydroxyl groups excluding tert-OH is 1. The van der Waals surface area contributed by atoms with Gasteiger partial charge in [0.05, 0.1) is 17.4 Å². The molecule has 2 atom stereocenters. The lowest BCUT2D eigenvalue weighted by Gasteiger charge is -2.15. The van der Waals surface area contributed by atoms with Crippen molar-refractivity contribution < 1.29 is 14.8 Å². The number of nitrogens with zero attached hydrogens (tertiary/aromatic N) is 1. The highest BCUT2D eigenvalue weighted by molar-refractivity contribution is 5.78. The highest BCUT2D eigenvalue weighted by atomic mass is 16.6. The molecule has 0 fully saturated rings. The van der Waals surface area contributed by atoms with Crippen molar-refractivity contribution in [2.24, 2.45) is 0 Å². The Morgan fingerprint density at radius 1 is 1.37 bits per heavy atom. The molecule has 1 amide bonds. The lowest BCUT2D eigenvalue weighted by Crippen LogP contribution is -2.35. The summed E-state index contributed by atoms with van der Waals surface area (Å²) in [4.78, 5) is 21.7. The Labute approximate surface area is 111 Å². The minimum absolute atomic E-state index is 0.00614.